The second-order valence-corrected chi connectivity index (χ2v) is 7.58. The van der Waals surface area contributed by atoms with Gasteiger partial charge >= 0.3 is 12.0 Å². The van der Waals surface area contributed by atoms with Gasteiger partial charge in [0, 0.05) is 0 Å². The lowest BCUT2D eigenvalue weighted by molar-refractivity contribution is -0.122. The summed E-state index contributed by atoms with van der Waals surface area (Å²) in [6, 6.07) is 15.6. The number of nitrogens with one attached hydrogen (secondary N) is 1. The van der Waals surface area contributed by atoms with Crippen LogP contribution in [0.4, 0.5) is 14.9 Å². The Labute approximate surface area is 199 Å². The number of carbonyl (C=O) groups is 4. The normalized spacial score (nSPS) is 14.7. The highest BCUT2D eigenvalue weighted by atomic mass is 19.1. The Morgan fingerprint density at radius 1 is 0.971 bits per heavy atom. The van der Waals surface area contributed by atoms with E-state index in [4.69, 9.17) is 9.47 Å². The number of anilines is 1. The highest BCUT2D eigenvalue weighted by molar-refractivity contribution is 6.39. The number of hydrogen-bond donors (Lipinski definition) is 1. The maximum absolute atomic E-state index is 13.9. The molecule has 0 atom stereocenters. The number of halogens is 1. The number of benzene rings is 3. The molecule has 4 rings (SSSR count). The van der Waals surface area contributed by atoms with Crippen LogP contribution >= 0.6 is 0 Å². The van der Waals surface area contributed by atoms with Gasteiger partial charge in [0.25, 0.3) is 11.8 Å². The third-order valence-electron chi connectivity index (χ3n) is 5.16. The van der Waals surface area contributed by atoms with Crippen molar-refractivity contribution in [2.45, 2.75) is 6.92 Å². The van der Waals surface area contributed by atoms with E-state index in [9.17, 15) is 23.6 Å². The second-order valence-electron chi connectivity index (χ2n) is 7.58. The summed E-state index contributed by atoms with van der Waals surface area (Å²) in [6.45, 7) is 1.81. The van der Waals surface area contributed by atoms with Crippen molar-refractivity contribution in [3.05, 3.63) is 94.8 Å². The first kappa shape index (κ1) is 23.4. The number of imide groups is 2. The molecule has 0 unspecified atom stereocenters. The summed E-state index contributed by atoms with van der Waals surface area (Å²) in [5.74, 6) is -3.16. The summed E-state index contributed by atoms with van der Waals surface area (Å²) in [5, 5.41) is 2.16. The average molecular weight is 474 g/mol. The Balaban J connectivity index is 1.63. The molecule has 1 saturated heterocycles. The molecule has 9 heteroatoms. The van der Waals surface area contributed by atoms with Gasteiger partial charge in [0.2, 0.25) is 0 Å². The molecule has 1 N–H and O–H groups in total. The number of urea groups is 1. The molecule has 8 nitrogen and oxygen atoms in total. The highest BCUT2D eigenvalue weighted by Crippen LogP contribution is 2.31. The molecule has 1 aliphatic heterocycles. The maximum Gasteiger partial charge on any atom is 0.346 e. The van der Waals surface area contributed by atoms with Crippen LogP contribution in [-0.2, 0) is 9.59 Å². The fraction of sp³-hybridized carbons (Fsp3) is 0.0769. The number of ether oxygens (including phenoxy) is 2. The van der Waals surface area contributed by atoms with E-state index in [0.29, 0.717) is 11.3 Å². The van der Waals surface area contributed by atoms with E-state index in [0.717, 1.165) is 16.5 Å². The number of amides is 4. The van der Waals surface area contributed by atoms with Crippen molar-refractivity contribution >= 4 is 35.6 Å². The van der Waals surface area contributed by atoms with Crippen molar-refractivity contribution in [1.29, 1.82) is 0 Å². The highest BCUT2D eigenvalue weighted by Gasteiger charge is 2.36. The minimum Gasteiger partial charge on any atom is -0.493 e. The van der Waals surface area contributed by atoms with Gasteiger partial charge in [-0.25, -0.2) is 18.9 Å². The number of nitrogens with zero attached hydrogens (tertiary/aromatic N) is 1. The Bertz CT molecular complexity index is 1400. The molecule has 35 heavy (non-hydrogen) atoms. The predicted octanol–water partition coefficient (Wildman–Crippen LogP) is 4.03. The predicted molar refractivity (Wildman–Crippen MR) is 125 cm³/mol. The summed E-state index contributed by atoms with van der Waals surface area (Å²) in [6.07, 6.45) is 1.29. The number of aryl methyl sites for hydroxylation is 1. The number of esters is 1. The Kier molecular flexibility index (Phi) is 6.41. The fourth-order valence-electron chi connectivity index (χ4n) is 3.47. The third-order valence-corrected chi connectivity index (χ3v) is 5.16. The summed E-state index contributed by atoms with van der Waals surface area (Å²) >= 11 is 0. The molecule has 3 aromatic rings. The SMILES string of the molecule is COc1cc(/C=C2\C(=O)NC(=O)N(c3cccc(C)c3)C2=O)ccc1OC(=O)c1ccccc1F. The molecule has 1 heterocycles. The number of rotatable bonds is 5. The van der Waals surface area contributed by atoms with Crippen LogP contribution in [0.3, 0.4) is 0 Å². The van der Waals surface area contributed by atoms with Crippen LogP contribution in [0.25, 0.3) is 6.08 Å². The van der Waals surface area contributed by atoms with E-state index in [1.165, 1.54) is 49.6 Å². The second kappa shape index (κ2) is 9.60. The van der Waals surface area contributed by atoms with Gasteiger partial charge in [-0.3, -0.25) is 14.9 Å². The van der Waals surface area contributed by atoms with Crippen molar-refractivity contribution in [1.82, 2.24) is 5.32 Å². The number of barbiturate groups is 1. The summed E-state index contributed by atoms with van der Waals surface area (Å²) in [7, 11) is 1.34. The fourth-order valence-corrected chi connectivity index (χ4v) is 3.47. The number of carbonyl (C=O) groups excluding carboxylic acids is 4. The Hall–Kier alpha value is -4.79. The molecule has 0 radical (unpaired) electrons. The van der Waals surface area contributed by atoms with Crippen LogP contribution in [0.2, 0.25) is 0 Å². The van der Waals surface area contributed by atoms with Crippen LogP contribution in [0.15, 0.2) is 72.3 Å². The topological polar surface area (TPSA) is 102 Å². The smallest absolute Gasteiger partial charge is 0.346 e. The van der Waals surface area contributed by atoms with Crippen molar-refractivity contribution in [3.8, 4) is 11.5 Å². The van der Waals surface area contributed by atoms with Gasteiger partial charge in [-0.2, -0.15) is 0 Å². The van der Waals surface area contributed by atoms with E-state index in [-0.39, 0.29) is 22.6 Å². The zero-order chi connectivity index (χ0) is 25.1. The van der Waals surface area contributed by atoms with Gasteiger partial charge in [0.1, 0.15) is 11.4 Å². The molecule has 0 saturated carbocycles. The van der Waals surface area contributed by atoms with Crippen molar-refractivity contribution < 1.29 is 33.0 Å². The lowest BCUT2D eigenvalue weighted by Gasteiger charge is -2.26. The average Bonchev–Trinajstić information content (AvgIpc) is 2.82. The zero-order valence-corrected chi connectivity index (χ0v) is 18.7. The first-order valence-electron chi connectivity index (χ1n) is 10.4. The number of methoxy groups -OCH3 is 1. The molecular formula is C26H19FN2O6. The van der Waals surface area contributed by atoms with E-state index in [2.05, 4.69) is 5.32 Å². The Morgan fingerprint density at radius 2 is 1.74 bits per heavy atom. The minimum absolute atomic E-state index is 0.0129. The van der Waals surface area contributed by atoms with Gasteiger partial charge in [-0.05, 0) is 60.5 Å². The number of hydrogen-bond acceptors (Lipinski definition) is 6. The van der Waals surface area contributed by atoms with Crippen LogP contribution in [0.5, 0.6) is 11.5 Å². The van der Waals surface area contributed by atoms with Gasteiger partial charge in [-0.15, -0.1) is 0 Å². The standard InChI is InChI=1S/C26H19FN2O6/c1-15-6-5-7-17(12-15)29-24(31)19(23(30)28-26(29)33)13-16-10-11-21(22(14-16)34-2)35-25(32)18-8-3-4-9-20(18)27/h3-14H,1-2H3,(H,28,30,33)/b19-13+. The van der Waals surface area contributed by atoms with E-state index in [1.54, 1.807) is 18.2 Å². The van der Waals surface area contributed by atoms with Gasteiger partial charge in [-0.1, -0.05) is 30.3 Å². The molecule has 3 aromatic carbocycles. The molecule has 1 fully saturated rings. The molecule has 0 spiro atoms. The molecule has 176 valence electrons. The van der Waals surface area contributed by atoms with Gasteiger partial charge < -0.3 is 9.47 Å². The summed E-state index contributed by atoms with van der Waals surface area (Å²) in [4.78, 5) is 51.1. The molecular weight excluding hydrogens is 455 g/mol. The first-order chi connectivity index (χ1) is 16.8. The largest absolute Gasteiger partial charge is 0.493 e. The summed E-state index contributed by atoms with van der Waals surface area (Å²) in [5.41, 5.74) is 0.995. The lowest BCUT2D eigenvalue weighted by Crippen LogP contribution is -2.54. The van der Waals surface area contributed by atoms with Crippen LogP contribution < -0.4 is 19.7 Å². The van der Waals surface area contributed by atoms with Crippen molar-refractivity contribution in [2.24, 2.45) is 0 Å². The van der Waals surface area contributed by atoms with E-state index >= 15 is 0 Å². The van der Waals surface area contributed by atoms with E-state index < -0.39 is 29.6 Å². The molecule has 4 amide bonds. The van der Waals surface area contributed by atoms with E-state index in [1.807, 2.05) is 13.0 Å². The van der Waals surface area contributed by atoms with Gasteiger partial charge in [0.15, 0.2) is 11.5 Å². The molecule has 0 aliphatic carbocycles. The maximum atomic E-state index is 13.9. The van der Waals surface area contributed by atoms with Crippen molar-refractivity contribution in [2.75, 3.05) is 12.0 Å². The van der Waals surface area contributed by atoms with Crippen LogP contribution in [-0.4, -0.2) is 30.9 Å². The first-order valence-corrected chi connectivity index (χ1v) is 10.4. The van der Waals surface area contributed by atoms with Gasteiger partial charge in [0.05, 0.1) is 18.4 Å². The Morgan fingerprint density at radius 3 is 2.46 bits per heavy atom. The van der Waals surface area contributed by atoms with Crippen molar-refractivity contribution in [3.63, 3.8) is 0 Å². The summed E-state index contributed by atoms with van der Waals surface area (Å²) < 4.78 is 24.4. The minimum atomic E-state index is -0.915. The molecule has 1 aliphatic rings. The molecule has 0 bridgehead atoms. The third kappa shape index (κ3) is 4.79. The lowest BCUT2D eigenvalue weighted by atomic mass is 10.1. The quantitative estimate of drug-likeness (QED) is 0.259. The van der Waals surface area contributed by atoms with Crippen LogP contribution in [0.1, 0.15) is 21.5 Å². The molecule has 0 aromatic heterocycles. The monoisotopic (exact) mass is 474 g/mol. The van der Waals surface area contributed by atoms with Crippen LogP contribution in [0, 0.1) is 12.7 Å². The zero-order valence-electron chi connectivity index (χ0n) is 18.7.